The number of rotatable bonds is 5. The molecule has 6 heteroatoms. The molecule has 1 aromatic carbocycles. The summed E-state index contributed by atoms with van der Waals surface area (Å²) in [7, 11) is 0. The summed E-state index contributed by atoms with van der Waals surface area (Å²) in [6, 6.07) is 4.85. The first-order valence-corrected chi connectivity index (χ1v) is 5.97. The van der Waals surface area contributed by atoms with Crippen molar-refractivity contribution >= 4 is 17.3 Å². The van der Waals surface area contributed by atoms with Gasteiger partial charge in [-0.25, -0.2) is 18.7 Å². The van der Waals surface area contributed by atoms with Crippen LogP contribution in [-0.4, -0.2) is 16.5 Å². The predicted molar refractivity (Wildman–Crippen MR) is 70.5 cm³/mol. The van der Waals surface area contributed by atoms with Crippen molar-refractivity contribution in [1.29, 1.82) is 0 Å². The molecular weight excluding hydrogens is 250 g/mol. The van der Waals surface area contributed by atoms with Gasteiger partial charge in [-0.15, -0.1) is 0 Å². The predicted octanol–water partition coefficient (Wildman–Crippen LogP) is 3.32. The van der Waals surface area contributed by atoms with Crippen LogP contribution in [0.2, 0.25) is 0 Å². The Hall–Kier alpha value is -2.24. The summed E-state index contributed by atoms with van der Waals surface area (Å²) in [4.78, 5) is 7.99. The van der Waals surface area contributed by atoms with Gasteiger partial charge in [-0.2, -0.15) is 0 Å². The number of benzene rings is 1. The summed E-state index contributed by atoms with van der Waals surface area (Å²) >= 11 is 0. The molecule has 1 aromatic heterocycles. The molecule has 2 N–H and O–H groups in total. The lowest BCUT2D eigenvalue weighted by atomic mass is 10.3. The Morgan fingerprint density at radius 1 is 1.11 bits per heavy atom. The van der Waals surface area contributed by atoms with Crippen molar-refractivity contribution in [3.8, 4) is 0 Å². The summed E-state index contributed by atoms with van der Waals surface area (Å²) in [5.74, 6) is -0.0142. The summed E-state index contributed by atoms with van der Waals surface area (Å²) in [6.45, 7) is 2.82. The summed E-state index contributed by atoms with van der Waals surface area (Å²) < 4.78 is 26.5. The first-order valence-electron chi connectivity index (χ1n) is 5.97. The number of hydrogen-bond acceptors (Lipinski definition) is 4. The highest BCUT2D eigenvalue weighted by Gasteiger charge is 2.05. The van der Waals surface area contributed by atoms with Crippen LogP contribution in [0.4, 0.5) is 26.1 Å². The number of aromatic nitrogens is 2. The van der Waals surface area contributed by atoms with Gasteiger partial charge in [0, 0.05) is 18.7 Å². The van der Waals surface area contributed by atoms with Crippen LogP contribution in [0.5, 0.6) is 0 Å². The molecule has 19 heavy (non-hydrogen) atoms. The Balaban J connectivity index is 2.16. The summed E-state index contributed by atoms with van der Waals surface area (Å²) in [5, 5.41) is 5.81. The minimum atomic E-state index is -0.539. The normalized spacial score (nSPS) is 10.3. The molecule has 0 fully saturated rings. The zero-order valence-electron chi connectivity index (χ0n) is 10.5. The van der Waals surface area contributed by atoms with Gasteiger partial charge in [0.2, 0.25) is 0 Å². The Morgan fingerprint density at radius 2 is 1.89 bits per heavy atom. The molecule has 0 unspecified atom stereocenters. The zero-order valence-corrected chi connectivity index (χ0v) is 10.5. The molecule has 0 spiro atoms. The van der Waals surface area contributed by atoms with Gasteiger partial charge in [-0.05, 0) is 18.6 Å². The largest absolute Gasteiger partial charge is 0.370 e. The number of hydrogen-bond donors (Lipinski definition) is 2. The number of nitrogens with one attached hydrogen (secondary N) is 2. The average molecular weight is 264 g/mol. The highest BCUT2D eigenvalue weighted by Crippen LogP contribution is 2.20. The van der Waals surface area contributed by atoms with Crippen molar-refractivity contribution in [3.63, 3.8) is 0 Å². The van der Waals surface area contributed by atoms with Gasteiger partial charge in [0.25, 0.3) is 0 Å². The maximum Gasteiger partial charge on any atom is 0.146 e. The molecule has 0 bridgehead atoms. The second-order valence-corrected chi connectivity index (χ2v) is 3.96. The van der Waals surface area contributed by atoms with Crippen molar-refractivity contribution in [2.75, 3.05) is 17.2 Å². The lowest BCUT2D eigenvalue weighted by Crippen LogP contribution is -2.04. The van der Waals surface area contributed by atoms with Crippen LogP contribution in [-0.2, 0) is 0 Å². The zero-order chi connectivity index (χ0) is 13.7. The van der Waals surface area contributed by atoms with Crippen molar-refractivity contribution in [2.24, 2.45) is 0 Å². The first-order chi connectivity index (χ1) is 9.19. The molecule has 0 saturated carbocycles. The standard InChI is InChI=1S/C13H14F2N4/c1-2-5-16-12-7-13(18-8-17-12)19-11-6-9(14)3-4-10(11)15/h3-4,6-8H,2,5H2,1H3,(H2,16,17,18,19). The van der Waals surface area contributed by atoms with E-state index in [1.165, 1.54) is 6.33 Å². The van der Waals surface area contributed by atoms with E-state index in [2.05, 4.69) is 20.6 Å². The highest BCUT2D eigenvalue weighted by molar-refractivity contribution is 5.59. The molecule has 2 rings (SSSR count). The van der Waals surface area contributed by atoms with Crippen LogP contribution < -0.4 is 10.6 Å². The van der Waals surface area contributed by atoms with Gasteiger partial charge < -0.3 is 10.6 Å². The fraction of sp³-hybridized carbons (Fsp3) is 0.231. The van der Waals surface area contributed by atoms with Gasteiger partial charge in [0.1, 0.15) is 29.6 Å². The topological polar surface area (TPSA) is 49.8 Å². The SMILES string of the molecule is CCCNc1cc(Nc2cc(F)ccc2F)ncn1. The van der Waals surface area contributed by atoms with Crippen LogP contribution in [0.1, 0.15) is 13.3 Å². The van der Waals surface area contributed by atoms with Crippen LogP contribution in [0.3, 0.4) is 0 Å². The molecule has 0 atom stereocenters. The molecule has 100 valence electrons. The van der Waals surface area contributed by atoms with Crippen molar-refractivity contribution in [2.45, 2.75) is 13.3 Å². The van der Waals surface area contributed by atoms with Crippen molar-refractivity contribution < 1.29 is 8.78 Å². The van der Waals surface area contributed by atoms with E-state index >= 15 is 0 Å². The van der Waals surface area contributed by atoms with E-state index in [-0.39, 0.29) is 5.69 Å². The lowest BCUT2D eigenvalue weighted by molar-refractivity contribution is 0.603. The number of anilines is 3. The average Bonchev–Trinajstić information content (AvgIpc) is 2.41. The smallest absolute Gasteiger partial charge is 0.146 e. The van der Waals surface area contributed by atoms with Gasteiger partial charge in [-0.3, -0.25) is 0 Å². The van der Waals surface area contributed by atoms with E-state index in [4.69, 9.17) is 0 Å². The summed E-state index contributed by atoms with van der Waals surface area (Å²) in [5.41, 5.74) is 0.0418. The molecule has 1 heterocycles. The van der Waals surface area contributed by atoms with E-state index in [0.717, 1.165) is 31.2 Å². The second-order valence-electron chi connectivity index (χ2n) is 3.96. The van der Waals surface area contributed by atoms with E-state index in [0.29, 0.717) is 11.6 Å². The Morgan fingerprint density at radius 3 is 2.68 bits per heavy atom. The van der Waals surface area contributed by atoms with E-state index in [9.17, 15) is 8.78 Å². The third-order valence-corrected chi connectivity index (χ3v) is 2.41. The second kappa shape index (κ2) is 6.08. The molecule has 4 nitrogen and oxygen atoms in total. The molecule has 0 aliphatic carbocycles. The Bertz CT molecular complexity index is 560. The third kappa shape index (κ3) is 3.61. The maximum atomic E-state index is 13.5. The van der Waals surface area contributed by atoms with Crippen molar-refractivity contribution in [3.05, 3.63) is 42.2 Å². The Labute approximate surface area is 109 Å². The molecule has 2 aromatic rings. The van der Waals surface area contributed by atoms with Gasteiger partial charge >= 0.3 is 0 Å². The fourth-order valence-electron chi connectivity index (χ4n) is 1.51. The minimum absolute atomic E-state index is 0.0418. The van der Waals surface area contributed by atoms with Crippen molar-refractivity contribution in [1.82, 2.24) is 9.97 Å². The Kier molecular flexibility index (Phi) is 4.22. The fourth-order valence-corrected chi connectivity index (χ4v) is 1.51. The van der Waals surface area contributed by atoms with Crippen LogP contribution in [0.15, 0.2) is 30.6 Å². The van der Waals surface area contributed by atoms with E-state index < -0.39 is 11.6 Å². The monoisotopic (exact) mass is 264 g/mol. The molecular formula is C13H14F2N4. The van der Waals surface area contributed by atoms with Crippen LogP contribution in [0, 0.1) is 11.6 Å². The van der Waals surface area contributed by atoms with E-state index in [1.807, 2.05) is 6.92 Å². The maximum absolute atomic E-state index is 13.5. The quantitative estimate of drug-likeness (QED) is 0.869. The van der Waals surface area contributed by atoms with Crippen LogP contribution in [0.25, 0.3) is 0 Å². The molecule has 0 aliphatic heterocycles. The molecule has 0 aliphatic rings. The number of nitrogens with zero attached hydrogens (tertiary/aromatic N) is 2. The van der Waals surface area contributed by atoms with Crippen LogP contribution >= 0.6 is 0 Å². The van der Waals surface area contributed by atoms with E-state index in [1.54, 1.807) is 6.07 Å². The molecule has 0 saturated heterocycles. The number of halogens is 2. The highest BCUT2D eigenvalue weighted by atomic mass is 19.1. The first kappa shape index (κ1) is 13.2. The van der Waals surface area contributed by atoms with Gasteiger partial charge in [-0.1, -0.05) is 6.92 Å². The molecule has 0 amide bonds. The molecule has 0 radical (unpaired) electrons. The lowest BCUT2D eigenvalue weighted by Gasteiger charge is -2.08. The summed E-state index contributed by atoms with van der Waals surface area (Å²) in [6.07, 6.45) is 2.32. The third-order valence-electron chi connectivity index (χ3n) is 2.41. The minimum Gasteiger partial charge on any atom is -0.370 e. The van der Waals surface area contributed by atoms with Gasteiger partial charge in [0.15, 0.2) is 0 Å². The van der Waals surface area contributed by atoms with Gasteiger partial charge in [0.05, 0.1) is 5.69 Å².